The zero-order valence-corrected chi connectivity index (χ0v) is 15.8. The smallest absolute Gasteiger partial charge is 1.00 e. The first-order valence-electron chi connectivity index (χ1n) is 5.52. The van der Waals surface area contributed by atoms with E-state index in [9.17, 15) is 0 Å². The van der Waals surface area contributed by atoms with Gasteiger partial charge in [0.1, 0.15) is 0 Å². The van der Waals surface area contributed by atoms with Crippen LogP contribution in [0.3, 0.4) is 0 Å². The second kappa shape index (κ2) is 6.54. The van der Waals surface area contributed by atoms with Crippen molar-refractivity contribution in [1.29, 1.82) is 0 Å². The van der Waals surface area contributed by atoms with Crippen LogP contribution in [0.1, 0.15) is 34.1 Å². The molecule has 0 aliphatic heterocycles. The summed E-state index contributed by atoms with van der Waals surface area (Å²) in [5, 5.41) is 0. The molecule has 17 heavy (non-hydrogen) atoms. The largest absolute Gasteiger partial charge is 1.00 e. The second-order valence-electron chi connectivity index (χ2n) is 4.76. The molecule has 3 heteroatoms. The summed E-state index contributed by atoms with van der Waals surface area (Å²) in [5.74, 6) is 0.688. The Hall–Kier alpha value is 0.410. The molecule has 2 aliphatic rings. The second-order valence-corrected chi connectivity index (χ2v) is 6.69. The van der Waals surface area contributed by atoms with Crippen molar-refractivity contribution in [3.63, 3.8) is 0 Å². The van der Waals surface area contributed by atoms with E-state index in [0.29, 0.717) is 5.92 Å². The van der Waals surface area contributed by atoms with Gasteiger partial charge in [0.15, 0.2) is 0 Å². The fourth-order valence-electron chi connectivity index (χ4n) is 2.59. The molecule has 2 rings (SSSR count). The van der Waals surface area contributed by atoms with Crippen molar-refractivity contribution in [2.45, 2.75) is 34.1 Å². The van der Waals surface area contributed by atoms with Crippen LogP contribution in [0.2, 0.25) is 0 Å². The summed E-state index contributed by atoms with van der Waals surface area (Å²) in [6.45, 7) is 9.08. The molecule has 0 spiro atoms. The van der Waals surface area contributed by atoms with E-state index in [4.69, 9.17) is 0 Å². The third kappa shape index (κ3) is 3.24. The van der Waals surface area contributed by atoms with Crippen LogP contribution >= 0.6 is 0 Å². The van der Waals surface area contributed by atoms with E-state index in [-0.39, 0.29) is 24.8 Å². The Labute approximate surface area is 132 Å². The van der Waals surface area contributed by atoms with Gasteiger partial charge in [0.25, 0.3) is 0 Å². The average molecular weight is 435 g/mol. The summed E-state index contributed by atoms with van der Waals surface area (Å²) >= 11 is 1.20. The molecule has 0 bridgehead atoms. The van der Waals surface area contributed by atoms with Crippen LogP contribution in [0, 0.1) is 5.92 Å². The molecule has 0 radical (unpaired) electrons. The van der Waals surface area contributed by atoms with Crippen LogP contribution in [0.5, 0.6) is 0 Å². The van der Waals surface area contributed by atoms with E-state index in [1.54, 1.807) is 14.5 Å². The van der Waals surface area contributed by atoms with E-state index in [2.05, 4.69) is 39.8 Å². The van der Waals surface area contributed by atoms with Crippen molar-refractivity contribution in [3.8, 4) is 0 Å². The van der Waals surface area contributed by atoms with Gasteiger partial charge in [0.05, 0.1) is 0 Å². The first kappa shape index (κ1) is 17.4. The molecule has 0 saturated carbocycles. The molecular formula is C14H17Cl2Hf. The van der Waals surface area contributed by atoms with Crippen LogP contribution in [0.25, 0.3) is 0 Å². The predicted molar refractivity (Wildman–Crippen MR) is 61.0 cm³/mol. The molecule has 0 aromatic rings. The first-order valence-corrected chi connectivity index (χ1v) is 7.32. The van der Waals surface area contributed by atoms with E-state index in [1.165, 1.54) is 47.5 Å². The number of allylic oxidation sites excluding steroid dienone is 8. The number of rotatable bonds is 1. The van der Waals surface area contributed by atoms with E-state index < -0.39 is 0 Å². The van der Waals surface area contributed by atoms with Gasteiger partial charge in [-0.1, -0.05) is 0 Å². The van der Waals surface area contributed by atoms with Gasteiger partial charge in [0, 0.05) is 0 Å². The van der Waals surface area contributed by atoms with Gasteiger partial charge in [-0.15, -0.1) is 0 Å². The fourth-order valence-corrected chi connectivity index (χ4v) is 4.14. The zero-order valence-electron chi connectivity index (χ0n) is 10.7. The van der Waals surface area contributed by atoms with E-state index >= 15 is 0 Å². The number of hydrogen-bond donors (Lipinski definition) is 0. The SMILES string of the molecule is CC1=CC(C)=C(C2=[C]([Hf+2])C(C)C=C2C)C1.[Cl-].[Cl-]. The average Bonchev–Trinajstić information content (AvgIpc) is 2.56. The van der Waals surface area contributed by atoms with Gasteiger partial charge in [0.2, 0.25) is 0 Å². The Balaban J connectivity index is 0.00000128. The quantitative estimate of drug-likeness (QED) is 0.421. The van der Waals surface area contributed by atoms with E-state index in [0.717, 1.165) is 0 Å². The topological polar surface area (TPSA) is 0 Å². The third-order valence-corrected chi connectivity index (χ3v) is 5.85. The Morgan fingerprint density at radius 3 is 2.12 bits per heavy atom. The van der Waals surface area contributed by atoms with Crippen molar-refractivity contribution in [1.82, 2.24) is 0 Å². The van der Waals surface area contributed by atoms with Crippen molar-refractivity contribution in [2.24, 2.45) is 5.92 Å². The zero-order chi connectivity index (χ0) is 11.2. The fraction of sp³-hybridized carbons (Fsp3) is 0.429. The Bertz CT molecular complexity index is 439. The number of halogens is 2. The van der Waals surface area contributed by atoms with Crippen molar-refractivity contribution in [2.75, 3.05) is 0 Å². The van der Waals surface area contributed by atoms with Crippen LogP contribution in [-0.4, -0.2) is 0 Å². The van der Waals surface area contributed by atoms with Crippen molar-refractivity contribution < 1.29 is 49.2 Å². The Kier molecular flexibility index (Phi) is 6.70. The van der Waals surface area contributed by atoms with Crippen LogP contribution in [0.4, 0.5) is 0 Å². The number of hydrogen-bond acceptors (Lipinski definition) is 0. The molecule has 0 nitrogen and oxygen atoms in total. The summed E-state index contributed by atoms with van der Waals surface area (Å²) < 4.78 is 1.69. The predicted octanol–water partition coefficient (Wildman–Crippen LogP) is -1.94. The summed E-state index contributed by atoms with van der Waals surface area (Å²) in [6.07, 6.45) is 5.93. The molecule has 0 fully saturated rings. The first-order chi connectivity index (χ1) is 7.00. The maximum atomic E-state index is 2.42. The normalized spacial score (nSPS) is 23.3. The minimum Gasteiger partial charge on any atom is -1.00 e. The van der Waals surface area contributed by atoms with E-state index in [1.807, 2.05) is 0 Å². The van der Waals surface area contributed by atoms with Crippen molar-refractivity contribution in [3.05, 3.63) is 43.3 Å². The molecule has 1 unspecified atom stereocenters. The monoisotopic (exact) mass is 435 g/mol. The molecule has 0 heterocycles. The minimum atomic E-state index is 0. The van der Waals surface area contributed by atoms with Gasteiger partial charge < -0.3 is 24.8 Å². The van der Waals surface area contributed by atoms with Gasteiger partial charge >= 0.3 is 108 Å². The third-order valence-electron chi connectivity index (χ3n) is 3.32. The van der Waals surface area contributed by atoms with Gasteiger partial charge in [-0.2, -0.15) is 0 Å². The summed E-state index contributed by atoms with van der Waals surface area (Å²) in [6, 6.07) is 0. The molecular weight excluding hydrogens is 418 g/mol. The standard InChI is InChI=1S/C14H17.2ClH.Hf/c1-9-5-11(3)13(7-9)14-8-10(2)6-12(14)4;;;/h5-6,10H,7H2,1-4H3;2*1H;/q;;;+2/p-2. The Morgan fingerprint density at radius 2 is 1.76 bits per heavy atom. The Morgan fingerprint density at radius 1 is 1.18 bits per heavy atom. The van der Waals surface area contributed by atoms with Crippen LogP contribution in [-0.2, 0) is 24.4 Å². The van der Waals surface area contributed by atoms with Crippen LogP contribution in [0.15, 0.2) is 43.3 Å². The molecule has 0 N–H and O–H groups in total. The van der Waals surface area contributed by atoms with Gasteiger partial charge in [-0.3, -0.25) is 0 Å². The molecule has 0 aromatic heterocycles. The van der Waals surface area contributed by atoms with Gasteiger partial charge in [-0.25, -0.2) is 0 Å². The van der Waals surface area contributed by atoms with Crippen LogP contribution < -0.4 is 24.8 Å². The molecule has 2 aliphatic carbocycles. The summed E-state index contributed by atoms with van der Waals surface area (Å²) in [5.41, 5.74) is 7.69. The van der Waals surface area contributed by atoms with Crippen molar-refractivity contribution >= 4 is 0 Å². The molecule has 91 valence electrons. The molecule has 1 atom stereocenters. The summed E-state index contributed by atoms with van der Waals surface area (Å²) in [4.78, 5) is 0. The summed E-state index contributed by atoms with van der Waals surface area (Å²) in [7, 11) is 0. The molecule has 0 amide bonds. The molecule has 0 aromatic carbocycles. The maximum Gasteiger partial charge on any atom is -1.00 e. The maximum absolute atomic E-state index is 2.42. The van der Waals surface area contributed by atoms with Gasteiger partial charge in [-0.05, 0) is 0 Å². The molecule has 0 saturated heterocycles. The minimum absolute atomic E-state index is 0.